The standard InChI is InChI=1S/C15H14ClF2N/c16-14-8-6-12(7-9-14)10-19-11-15(17,18)13-4-2-1-3-5-13/h1-9,19H,10-11H2. The fourth-order valence-electron chi connectivity index (χ4n) is 1.75. The zero-order valence-electron chi connectivity index (χ0n) is 10.2. The van der Waals surface area contributed by atoms with E-state index in [0.717, 1.165) is 5.56 Å². The fourth-order valence-corrected chi connectivity index (χ4v) is 1.88. The van der Waals surface area contributed by atoms with Crippen LogP contribution in [0.5, 0.6) is 0 Å². The SMILES string of the molecule is FC(F)(CNCc1ccc(Cl)cc1)c1ccccc1. The highest BCUT2D eigenvalue weighted by atomic mass is 35.5. The van der Waals surface area contributed by atoms with Gasteiger partial charge in [0.05, 0.1) is 6.54 Å². The summed E-state index contributed by atoms with van der Waals surface area (Å²) in [6, 6.07) is 14.9. The Bertz CT molecular complexity index is 511. The number of hydrogen-bond acceptors (Lipinski definition) is 1. The van der Waals surface area contributed by atoms with Crippen LogP contribution in [0.3, 0.4) is 0 Å². The molecule has 0 aliphatic rings. The van der Waals surface area contributed by atoms with E-state index >= 15 is 0 Å². The lowest BCUT2D eigenvalue weighted by Gasteiger charge is -2.17. The van der Waals surface area contributed by atoms with Crippen molar-refractivity contribution in [3.63, 3.8) is 0 Å². The number of benzene rings is 2. The molecule has 0 spiro atoms. The molecule has 0 amide bonds. The highest BCUT2D eigenvalue weighted by Crippen LogP contribution is 2.26. The summed E-state index contributed by atoms with van der Waals surface area (Å²) >= 11 is 5.76. The Hall–Kier alpha value is -1.45. The van der Waals surface area contributed by atoms with Crippen LogP contribution in [0, 0.1) is 0 Å². The summed E-state index contributed by atoms with van der Waals surface area (Å²) in [5.41, 5.74) is 0.951. The van der Waals surface area contributed by atoms with E-state index in [4.69, 9.17) is 11.6 Å². The van der Waals surface area contributed by atoms with Crippen LogP contribution in [0.1, 0.15) is 11.1 Å². The molecule has 0 radical (unpaired) electrons. The smallest absolute Gasteiger partial charge is 0.285 e. The van der Waals surface area contributed by atoms with Gasteiger partial charge in [-0.1, -0.05) is 54.1 Å². The van der Waals surface area contributed by atoms with Crippen molar-refractivity contribution in [2.24, 2.45) is 0 Å². The summed E-state index contributed by atoms with van der Waals surface area (Å²) in [4.78, 5) is 0. The number of alkyl halides is 2. The molecule has 0 aliphatic heterocycles. The van der Waals surface area contributed by atoms with Crippen molar-refractivity contribution in [3.8, 4) is 0 Å². The first-order chi connectivity index (χ1) is 9.08. The Morgan fingerprint density at radius 1 is 0.947 bits per heavy atom. The fraction of sp³-hybridized carbons (Fsp3) is 0.200. The van der Waals surface area contributed by atoms with Crippen LogP contribution >= 0.6 is 11.6 Å². The normalized spacial score (nSPS) is 11.5. The first-order valence-corrected chi connectivity index (χ1v) is 6.34. The maximum atomic E-state index is 13.8. The molecule has 0 aromatic heterocycles. The predicted molar refractivity (Wildman–Crippen MR) is 73.5 cm³/mol. The minimum Gasteiger partial charge on any atom is -0.307 e. The van der Waals surface area contributed by atoms with Gasteiger partial charge in [-0.2, -0.15) is 8.78 Å². The Morgan fingerprint density at radius 3 is 2.21 bits per heavy atom. The zero-order valence-corrected chi connectivity index (χ0v) is 11.0. The molecule has 4 heteroatoms. The molecule has 100 valence electrons. The number of halogens is 3. The number of nitrogens with one attached hydrogen (secondary N) is 1. The van der Waals surface area contributed by atoms with Gasteiger partial charge < -0.3 is 5.32 Å². The van der Waals surface area contributed by atoms with Crippen LogP contribution in [-0.2, 0) is 12.5 Å². The van der Waals surface area contributed by atoms with E-state index in [1.807, 2.05) is 12.1 Å². The summed E-state index contributed by atoms with van der Waals surface area (Å²) in [5, 5.41) is 3.40. The first-order valence-electron chi connectivity index (χ1n) is 5.96. The molecule has 0 saturated heterocycles. The molecule has 0 bridgehead atoms. The predicted octanol–water partition coefficient (Wildman–Crippen LogP) is 4.22. The Kier molecular flexibility index (Phi) is 4.51. The van der Waals surface area contributed by atoms with E-state index in [-0.39, 0.29) is 12.1 Å². The summed E-state index contributed by atoms with van der Waals surface area (Å²) < 4.78 is 27.7. The molecule has 19 heavy (non-hydrogen) atoms. The van der Waals surface area contributed by atoms with Crippen molar-refractivity contribution < 1.29 is 8.78 Å². The molecular formula is C15H14ClF2N. The van der Waals surface area contributed by atoms with E-state index in [9.17, 15) is 8.78 Å². The van der Waals surface area contributed by atoms with Gasteiger partial charge in [-0.25, -0.2) is 0 Å². The Labute approximate surface area is 116 Å². The van der Waals surface area contributed by atoms with Gasteiger partial charge in [0, 0.05) is 17.1 Å². The van der Waals surface area contributed by atoms with Crippen LogP contribution in [0.4, 0.5) is 8.78 Å². The summed E-state index contributed by atoms with van der Waals surface area (Å²) in [6.45, 7) is -0.000762. The summed E-state index contributed by atoms with van der Waals surface area (Å²) in [6.07, 6.45) is 0. The maximum absolute atomic E-state index is 13.8. The highest BCUT2D eigenvalue weighted by Gasteiger charge is 2.30. The van der Waals surface area contributed by atoms with Gasteiger partial charge >= 0.3 is 0 Å². The zero-order chi connectivity index (χ0) is 13.7. The average molecular weight is 282 g/mol. The van der Waals surface area contributed by atoms with E-state index in [1.54, 1.807) is 30.3 Å². The average Bonchev–Trinajstić information content (AvgIpc) is 2.42. The van der Waals surface area contributed by atoms with E-state index < -0.39 is 5.92 Å². The molecule has 0 saturated carbocycles. The topological polar surface area (TPSA) is 12.0 Å². The molecule has 0 heterocycles. The van der Waals surface area contributed by atoms with Crippen LogP contribution in [0.2, 0.25) is 5.02 Å². The minimum atomic E-state index is -2.87. The lowest BCUT2D eigenvalue weighted by Crippen LogP contribution is -2.30. The molecule has 0 unspecified atom stereocenters. The molecule has 2 rings (SSSR count). The van der Waals surface area contributed by atoms with Gasteiger partial charge in [-0.15, -0.1) is 0 Å². The van der Waals surface area contributed by atoms with E-state index in [0.29, 0.717) is 11.6 Å². The lowest BCUT2D eigenvalue weighted by atomic mass is 10.1. The van der Waals surface area contributed by atoms with Gasteiger partial charge in [-0.3, -0.25) is 0 Å². The second-order valence-electron chi connectivity index (χ2n) is 4.30. The Morgan fingerprint density at radius 2 is 1.58 bits per heavy atom. The molecule has 2 aromatic rings. The monoisotopic (exact) mass is 281 g/mol. The molecule has 1 nitrogen and oxygen atoms in total. The largest absolute Gasteiger partial charge is 0.307 e. The third kappa shape index (κ3) is 4.01. The van der Waals surface area contributed by atoms with Crippen LogP contribution in [0.15, 0.2) is 54.6 Å². The molecule has 1 N–H and O–H groups in total. The summed E-state index contributed by atoms with van der Waals surface area (Å²) in [5.74, 6) is -2.87. The highest BCUT2D eigenvalue weighted by molar-refractivity contribution is 6.30. The third-order valence-electron chi connectivity index (χ3n) is 2.79. The molecular weight excluding hydrogens is 268 g/mol. The minimum absolute atomic E-state index is 0.0265. The molecule has 0 aliphatic carbocycles. The molecule has 0 atom stereocenters. The van der Waals surface area contributed by atoms with Crippen LogP contribution in [0.25, 0.3) is 0 Å². The van der Waals surface area contributed by atoms with Crippen molar-refractivity contribution in [2.75, 3.05) is 6.54 Å². The van der Waals surface area contributed by atoms with Crippen LogP contribution in [-0.4, -0.2) is 6.54 Å². The van der Waals surface area contributed by atoms with E-state index in [1.165, 1.54) is 12.1 Å². The summed E-state index contributed by atoms with van der Waals surface area (Å²) in [7, 11) is 0. The first kappa shape index (κ1) is 14.0. The van der Waals surface area contributed by atoms with Crippen LogP contribution < -0.4 is 5.32 Å². The van der Waals surface area contributed by atoms with Crippen molar-refractivity contribution in [1.82, 2.24) is 5.32 Å². The second kappa shape index (κ2) is 6.13. The van der Waals surface area contributed by atoms with Gasteiger partial charge in [0.1, 0.15) is 0 Å². The van der Waals surface area contributed by atoms with Gasteiger partial charge in [-0.05, 0) is 17.7 Å². The lowest BCUT2D eigenvalue weighted by molar-refractivity contribution is -0.00343. The van der Waals surface area contributed by atoms with E-state index in [2.05, 4.69) is 5.32 Å². The molecule has 0 fully saturated rings. The second-order valence-corrected chi connectivity index (χ2v) is 4.74. The quantitative estimate of drug-likeness (QED) is 0.865. The van der Waals surface area contributed by atoms with Crippen molar-refractivity contribution in [1.29, 1.82) is 0 Å². The Balaban J connectivity index is 1.90. The van der Waals surface area contributed by atoms with Gasteiger partial charge in [0.25, 0.3) is 5.92 Å². The number of rotatable bonds is 5. The third-order valence-corrected chi connectivity index (χ3v) is 3.04. The molecule has 2 aromatic carbocycles. The van der Waals surface area contributed by atoms with Gasteiger partial charge in [0.2, 0.25) is 0 Å². The van der Waals surface area contributed by atoms with Crippen molar-refractivity contribution in [3.05, 3.63) is 70.7 Å². The number of hydrogen-bond donors (Lipinski definition) is 1. The maximum Gasteiger partial charge on any atom is 0.285 e. The van der Waals surface area contributed by atoms with Crippen molar-refractivity contribution in [2.45, 2.75) is 12.5 Å². The van der Waals surface area contributed by atoms with Crippen molar-refractivity contribution >= 4 is 11.6 Å². The van der Waals surface area contributed by atoms with Gasteiger partial charge in [0.15, 0.2) is 0 Å².